The quantitative estimate of drug-likeness (QED) is 0.516. The Labute approximate surface area is 142 Å². The highest BCUT2D eigenvalue weighted by molar-refractivity contribution is 6.05. The van der Waals surface area contributed by atoms with E-state index in [1.165, 1.54) is 37.4 Å². The van der Waals surface area contributed by atoms with Crippen molar-refractivity contribution in [2.24, 2.45) is 0 Å². The van der Waals surface area contributed by atoms with Crippen LogP contribution >= 0.6 is 0 Å². The second kappa shape index (κ2) is 9.11. The zero-order chi connectivity index (χ0) is 17.4. The fraction of sp³-hybridized carbons (Fsp3) is 0.474. The fourth-order valence-corrected chi connectivity index (χ4v) is 2.73. The molecule has 0 N–H and O–H groups in total. The molecule has 0 aliphatic heterocycles. The number of esters is 1. The molecule has 24 heavy (non-hydrogen) atoms. The molecule has 0 unspecified atom stereocenters. The molecule has 0 saturated carbocycles. The fourth-order valence-electron chi connectivity index (χ4n) is 2.73. The third-order valence-electron chi connectivity index (χ3n) is 4.06. The predicted octanol–water partition coefficient (Wildman–Crippen LogP) is 4.77. The lowest BCUT2D eigenvalue weighted by Gasteiger charge is -2.07. The van der Waals surface area contributed by atoms with E-state index in [4.69, 9.17) is 9.47 Å². The Balaban J connectivity index is 1.95. The van der Waals surface area contributed by atoms with Crippen LogP contribution in [0.1, 0.15) is 55.8 Å². The zero-order valence-electron chi connectivity index (χ0n) is 14.4. The second-order valence-electron chi connectivity index (χ2n) is 5.80. The van der Waals surface area contributed by atoms with E-state index in [1.54, 1.807) is 30.5 Å². The molecule has 130 valence electrons. The van der Waals surface area contributed by atoms with E-state index in [2.05, 4.69) is 6.92 Å². The molecule has 1 aromatic heterocycles. The van der Waals surface area contributed by atoms with Gasteiger partial charge >= 0.3 is 12.1 Å². The topological polar surface area (TPSA) is 57.5 Å². The van der Waals surface area contributed by atoms with Gasteiger partial charge in [-0.25, -0.2) is 9.59 Å². The lowest BCUT2D eigenvalue weighted by Crippen LogP contribution is -2.10. The molecule has 0 saturated heterocycles. The molecule has 0 amide bonds. The number of aromatic nitrogens is 1. The van der Waals surface area contributed by atoms with Gasteiger partial charge in [0.2, 0.25) is 0 Å². The highest BCUT2D eigenvalue weighted by atomic mass is 16.5. The van der Waals surface area contributed by atoms with Crippen LogP contribution in [-0.4, -0.2) is 30.3 Å². The first-order chi connectivity index (χ1) is 11.7. The Morgan fingerprint density at radius 2 is 1.79 bits per heavy atom. The van der Waals surface area contributed by atoms with Gasteiger partial charge in [-0.05, 0) is 24.6 Å². The van der Waals surface area contributed by atoms with E-state index in [9.17, 15) is 9.59 Å². The van der Waals surface area contributed by atoms with Crippen molar-refractivity contribution in [1.82, 2.24) is 4.57 Å². The summed E-state index contributed by atoms with van der Waals surface area (Å²) in [4.78, 5) is 24.0. The van der Waals surface area contributed by atoms with E-state index in [1.807, 2.05) is 0 Å². The summed E-state index contributed by atoms with van der Waals surface area (Å²) in [6, 6.07) is 6.96. The summed E-state index contributed by atoms with van der Waals surface area (Å²) in [5.41, 5.74) is 1.11. The number of nitrogens with zero attached hydrogens (tertiary/aromatic N) is 1. The number of carbonyl (C=O) groups excluding carboxylic acids is 2. The summed E-state index contributed by atoms with van der Waals surface area (Å²) in [5, 5.41) is 0.691. The number of unbranched alkanes of at least 4 members (excludes halogenated alkanes) is 5. The number of ether oxygens (including phenoxy) is 2. The molecule has 0 spiro atoms. The monoisotopic (exact) mass is 331 g/mol. The maximum absolute atomic E-state index is 12.3. The van der Waals surface area contributed by atoms with Crippen molar-refractivity contribution in [3.05, 3.63) is 36.0 Å². The minimum absolute atomic E-state index is 0.350. The van der Waals surface area contributed by atoms with Crippen LogP contribution in [0.5, 0.6) is 0 Å². The third kappa shape index (κ3) is 4.37. The molecule has 1 heterocycles. The van der Waals surface area contributed by atoms with E-state index in [0.29, 0.717) is 23.1 Å². The van der Waals surface area contributed by atoms with Gasteiger partial charge in [0.25, 0.3) is 0 Å². The molecule has 5 heteroatoms. The van der Waals surface area contributed by atoms with Crippen LogP contribution in [0, 0.1) is 0 Å². The van der Waals surface area contributed by atoms with Gasteiger partial charge < -0.3 is 9.47 Å². The molecule has 0 radical (unpaired) electrons. The van der Waals surface area contributed by atoms with Gasteiger partial charge in [-0.1, -0.05) is 45.1 Å². The van der Waals surface area contributed by atoms with Crippen molar-refractivity contribution in [3.63, 3.8) is 0 Å². The number of carbonyl (C=O) groups is 2. The van der Waals surface area contributed by atoms with Gasteiger partial charge in [-0.15, -0.1) is 0 Å². The van der Waals surface area contributed by atoms with Crippen LogP contribution in [-0.2, 0) is 9.47 Å². The maximum Gasteiger partial charge on any atom is 0.418 e. The summed E-state index contributed by atoms with van der Waals surface area (Å²) in [7, 11) is 1.33. The lowest BCUT2D eigenvalue weighted by molar-refractivity contribution is 0.0500. The number of benzene rings is 1. The van der Waals surface area contributed by atoms with Crippen LogP contribution in [0.2, 0.25) is 0 Å². The summed E-state index contributed by atoms with van der Waals surface area (Å²) >= 11 is 0. The largest absolute Gasteiger partial charge is 0.462 e. The molecule has 0 atom stereocenters. The predicted molar refractivity (Wildman–Crippen MR) is 93.4 cm³/mol. The highest BCUT2D eigenvalue weighted by Gasteiger charge is 2.16. The molecule has 2 rings (SSSR count). The standard InChI is InChI=1S/C19H25NO4/c1-3-4-5-6-7-8-14-24-18(21)16-10-9-11-17-15(16)12-13-20(17)19(22)23-2/h9-13H,3-8,14H2,1-2H3. The maximum atomic E-state index is 12.3. The molecular weight excluding hydrogens is 306 g/mol. The van der Waals surface area contributed by atoms with Crippen LogP contribution in [0.25, 0.3) is 10.9 Å². The Kier molecular flexibility index (Phi) is 6.85. The average Bonchev–Trinajstić information content (AvgIpc) is 3.04. The van der Waals surface area contributed by atoms with Gasteiger partial charge in [0.15, 0.2) is 0 Å². The first-order valence-electron chi connectivity index (χ1n) is 8.54. The van der Waals surface area contributed by atoms with E-state index >= 15 is 0 Å². The molecule has 0 bridgehead atoms. The van der Waals surface area contributed by atoms with Gasteiger partial charge in [0, 0.05) is 11.6 Å². The second-order valence-corrected chi connectivity index (χ2v) is 5.80. The molecule has 5 nitrogen and oxygen atoms in total. The minimum Gasteiger partial charge on any atom is -0.462 e. The normalized spacial score (nSPS) is 10.8. The van der Waals surface area contributed by atoms with Crippen molar-refractivity contribution in [1.29, 1.82) is 0 Å². The Morgan fingerprint density at radius 3 is 2.54 bits per heavy atom. The molecule has 0 aliphatic rings. The zero-order valence-corrected chi connectivity index (χ0v) is 14.4. The first-order valence-corrected chi connectivity index (χ1v) is 8.54. The Hall–Kier alpha value is -2.30. The summed E-state index contributed by atoms with van der Waals surface area (Å²) in [6.45, 7) is 2.62. The van der Waals surface area contributed by atoms with Crippen LogP contribution in [0.15, 0.2) is 30.5 Å². The number of fused-ring (bicyclic) bond motifs is 1. The first kappa shape index (κ1) is 18.0. The smallest absolute Gasteiger partial charge is 0.418 e. The Bertz CT molecular complexity index is 690. The summed E-state index contributed by atoms with van der Waals surface area (Å²) in [5.74, 6) is -0.350. The number of hydrogen-bond acceptors (Lipinski definition) is 4. The number of hydrogen-bond donors (Lipinski definition) is 0. The van der Waals surface area contributed by atoms with Crippen molar-refractivity contribution in [2.75, 3.05) is 13.7 Å². The highest BCUT2D eigenvalue weighted by Crippen LogP contribution is 2.21. The van der Waals surface area contributed by atoms with Crippen molar-refractivity contribution < 1.29 is 19.1 Å². The van der Waals surface area contributed by atoms with Crippen LogP contribution in [0.3, 0.4) is 0 Å². The van der Waals surface area contributed by atoms with Crippen molar-refractivity contribution >= 4 is 23.0 Å². The molecule has 2 aromatic rings. The Morgan fingerprint density at radius 1 is 1.04 bits per heavy atom. The van der Waals surface area contributed by atoms with Gasteiger partial charge in [-0.2, -0.15) is 0 Å². The van der Waals surface area contributed by atoms with E-state index < -0.39 is 6.09 Å². The van der Waals surface area contributed by atoms with Crippen molar-refractivity contribution in [2.45, 2.75) is 45.4 Å². The molecule has 0 fully saturated rings. The minimum atomic E-state index is -0.484. The van der Waals surface area contributed by atoms with Crippen LogP contribution < -0.4 is 0 Å². The summed E-state index contributed by atoms with van der Waals surface area (Å²) < 4.78 is 11.5. The third-order valence-corrected chi connectivity index (χ3v) is 4.06. The van der Waals surface area contributed by atoms with Crippen LogP contribution in [0.4, 0.5) is 4.79 Å². The van der Waals surface area contributed by atoms with E-state index in [-0.39, 0.29) is 5.97 Å². The van der Waals surface area contributed by atoms with Crippen molar-refractivity contribution in [3.8, 4) is 0 Å². The number of methoxy groups -OCH3 is 1. The molecule has 1 aromatic carbocycles. The molecular formula is C19H25NO4. The number of rotatable bonds is 8. The molecule has 0 aliphatic carbocycles. The SMILES string of the molecule is CCCCCCCCOC(=O)c1cccc2c1ccn2C(=O)OC. The van der Waals surface area contributed by atoms with Gasteiger partial charge in [0.05, 0.1) is 24.8 Å². The average molecular weight is 331 g/mol. The van der Waals surface area contributed by atoms with Gasteiger partial charge in [0.1, 0.15) is 0 Å². The van der Waals surface area contributed by atoms with Gasteiger partial charge in [-0.3, -0.25) is 4.57 Å². The lowest BCUT2D eigenvalue weighted by atomic mass is 10.1. The summed E-state index contributed by atoms with van der Waals surface area (Å²) in [6.07, 6.45) is 7.99. The van der Waals surface area contributed by atoms with E-state index in [0.717, 1.165) is 12.8 Å².